The number of methoxy groups -OCH3 is 1. The van der Waals surface area contributed by atoms with E-state index in [-0.39, 0.29) is 23.7 Å². The summed E-state index contributed by atoms with van der Waals surface area (Å²) in [7, 11) is 1.34. The van der Waals surface area contributed by atoms with Gasteiger partial charge in [-0.3, -0.25) is 9.78 Å². The molecule has 1 aliphatic heterocycles. The zero-order valence-corrected chi connectivity index (χ0v) is 19.9. The molecule has 0 fully saturated rings. The number of cyclic esters (lactones) is 1. The van der Waals surface area contributed by atoms with Gasteiger partial charge in [-0.15, -0.1) is 0 Å². The van der Waals surface area contributed by atoms with E-state index in [1.807, 2.05) is 6.92 Å². The number of nitrogens with zero attached hydrogens (tertiary/aromatic N) is 4. The van der Waals surface area contributed by atoms with Crippen molar-refractivity contribution in [1.29, 1.82) is 0 Å². The van der Waals surface area contributed by atoms with E-state index in [9.17, 15) is 18.4 Å². The van der Waals surface area contributed by atoms with Gasteiger partial charge in [-0.25, -0.2) is 9.78 Å². The summed E-state index contributed by atoms with van der Waals surface area (Å²) >= 11 is 0. The minimum atomic E-state index is -3.00. The van der Waals surface area contributed by atoms with Gasteiger partial charge in [-0.1, -0.05) is 19.1 Å². The average molecular weight is 511 g/mol. The fourth-order valence-corrected chi connectivity index (χ4v) is 3.59. The van der Waals surface area contributed by atoms with Crippen molar-refractivity contribution in [2.45, 2.75) is 32.6 Å². The minimum Gasteiger partial charge on any atom is -0.493 e. The molecule has 3 aromatic rings. The van der Waals surface area contributed by atoms with Crippen LogP contribution < -0.4 is 14.8 Å². The van der Waals surface area contributed by atoms with Crippen LogP contribution in [0, 0.1) is 0 Å². The van der Waals surface area contributed by atoms with E-state index in [0.717, 1.165) is 5.56 Å². The number of aromatic nitrogens is 2. The Bertz CT molecular complexity index is 1290. The van der Waals surface area contributed by atoms with Crippen LogP contribution in [0.3, 0.4) is 0 Å². The first kappa shape index (κ1) is 25.5. The minimum absolute atomic E-state index is 0.0953. The summed E-state index contributed by atoms with van der Waals surface area (Å²) in [5.74, 6) is -0.426. The Balaban J connectivity index is 1.52. The van der Waals surface area contributed by atoms with Gasteiger partial charge in [0.25, 0.3) is 5.91 Å². The molecule has 0 spiro atoms. The Morgan fingerprint density at radius 3 is 2.59 bits per heavy atom. The maximum absolute atomic E-state index is 12.7. The topological polar surface area (TPSA) is 115 Å². The molecule has 0 saturated carbocycles. The predicted octanol–water partition coefficient (Wildman–Crippen LogP) is 4.47. The van der Waals surface area contributed by atoms with Crippen LogP contribution in [0.25, 0.3) is 0 Å². The number of nitrogens with one attached hydrogen (secondary N) is 1. The number of carbonyl (C=O) groups is 2. The molecule has 4 rings (SSSR count). The first-order chi connectivity index (χ1) is 17.9. The molecule has 192 valence electrons. The zero-order valence-electron chi connectivity index (χ0n) is 19.9. The molecule has 2 aromatic carbocycles. The number of benzene rings is 2. The molecule has 0 saturated heterocycles. The summed E-state index contributed by atoms with van der Waals surface area (Å²) in [5, 5.41) is 8.40. The van der Waals surface area contributed by atoms with Crippen LogP contribution in [0.4, 0.5) is 19.3 Å². The van der Waals surface area contributed by atoms with E-state index < -0.39 is 24.7 Å². The van der Waals surface area contributed by atoms with Crippen LogP contribution in [0.5, 0.6) is 11.5 Å². The summed E-state index contributed by atoms with van der Waals surface area (Å²) in [6, 6.07) is 11.2. The second kappa shape index (κ2) is 11.4. The number of halogens is 2. The fraction of sp³-hybridized carbons (Fsp3) is 0.240. The Morgan fingerprint density at radius 1 is 1.16 bits per heavy atom. The molecule has 37 heavy (non-hydrogen) atoms. The average Bonchev–Trinajstić information content (AvgIpc) is 2.91. The van der Waals surface area contributed by atoms with Crippen molar-refractivity contribution in [3.8, 4) is 11.5 Å². The van der Waals surface area contributed by atoms with Gasteiger partial charge in [-0.2, -0.15) is 18.9 Å². The molecule has 0 aliphatic carbocycles. The van der Waals surface area contributed by atoms with Crippen LogP contribution in [-0.2, 0) is 11.3 Å². The van der Waals surface area contributed by atoms with Crippen molar-refractivity contribution in [3.63, 3.8) is 0 Å². The van der Waals surface area contributed by atoms with E-state index in [1.54, 1.807) is 30.3 Å². The molecular weight excluding hydrogens is 488 g/mol. The molecule has 0 bridgehead atoms. The van der Waals surface area contributed by atoms with Gasteiger partial charge in [0.1, 0.15) is 17.5 Å². The highest BCUT2D eigenvalue weighted by molar-refractivity contribution is 6.06. The van der Waals surface area contributed by atoms with Crippen LogP contribution in [0.15, 0.2) is 66.2 Å². The fourth-order valence-electron chi connectivity index (χ4n) is 3.59. The quantitative estimate of drug-likeness (QED) is 0.451. The van der Waals surface area contributed by atoms with Crippen molar-refractivity contribution in [2.75, 3.05) is 12.4 Å². The molecular formula is C25H23F2N5O5. The number of rotatable bonds is 9. The highest BCUT2D eigenvalue weighted by Crippen LogP contribution is 2.31. The molecule has 0 radical (unpaired) electrons. The van der Waals surface area contributed by atoms with Crippen LogP contribution in [0.1, 0.15) is 35.0 Å². The summed E-state index contributed by atoms with van der Waals surface area (Å²) in [5.41, 5.74) is 2.42. The monoisotopic (exact) mass is 511 g/mol. The van der Waals surface area contributed by atoms with E-state index in [0.29, 0.717) is 23.4 Å². The van der Waals surface area contributed by atoms with Gasteiger partial charge in [0.2, 0.25) is 0 Å². The molecule has 1 atom stereocenters. The first-order valence-corrected chi connectivity index (χ1v) is 11.2. The van der Waals surface area contributed by atoms with Crippen LogP contribution in [-0.4, -0.2) is 52.5 Å². The largest absolute Gasteiger partial charge is 0.493 e. The smallest absolute Gasteiger partial charge is 0.431 e. The third-order valence-electron chi connectivity index (χ3n) is 5.37. The third kappa shape index (κ3) is 6.15. The second-order valence-corrected chi connectivity index (χ2v) is 7.81. The Labute approximate surface area is 210 Å². The van der Waals surface area contributed by atoms with Gasteiger partial charge in [0.05, 0.1) is 19.9 Å². The van der Waals surface area contributed by atoms with Gasteiger partial charge < -0.3 is 19.5 Å². The van der Waals surface area contributed by atoms with Crippen LogP contribution >= 0.6 is 0 Å². The molecule has 1 unspecified atom stereocenters. The van der Waals surface area contributed by atoms with E-state index in [4.69, 9.17) is 9.47 Å². The number of amides is 2. The van der Waals surface area contributed by atoms with Gasteiger partial charge in [0.15, 0.2) is 11.5 Å². The predicted molar refractivity (Wildman–Crippen MR) is 129 cm³/mol. The number of anilines is 1. The van der Waals surface area contributed by atoms with E-state index in [2.05, 4.69) is 25.1 Å². The van der Waals surface area contributed by atoms with Gasteiger partial charge >= 0.3 is 12.7 Å². The molecule has 12 heteroatoms. The number of hydrogen-bond donors (Lipinski definition) is 1. The van der Waals surface area contributed by atoms with Crippen LogP contribution in [0.2, 0.25) is 0 Å². The van der Waals surface area contributed by atoms with E-state index >= 15 is 0 Å². The van der Waals surface area contributed by atoms with Crippen molar-refractivity contribution >= 4 is 23.4 Å². The Hall–Kier alpha value is -4.61. The SMILES string of the molecule is CCC1OC(=O)N(Cc2ccc(NC(=O)c3cnccn3)cc2)N=C1c1ccc(OC(F)F)c(OC)c1. The van der Waals surface area contributed by atoms with Gasteiger partial charge in [-0.05, 0) is 42.3 Å². The summed E-state index contributed by atoms with van der Waals surface area (Å²) in [6.45, 7) is -1.07. The van der Waals surface area contributed by atoms with Gasteiger partial charge in [0, 0.05) is 23.6 Å². The number of hydrogen-bond acceptors (Lipinski definition) is 8. The summed E-state index contributed by atoms with van der Waals surface area (Å²) in [4.78, 5) is 32.7. The highest BCUT2D eigenvalue weighted by atomic mass is 19.3. The Kier molecular flexibility index (Phi) is 7.86. The zero-order chi connectivity index (χ0) is 26.4. The van der Waals surface area contributed by atoms with E-state index in [1.165, 1.54) is 42.8 Å². The summed E-state index contributed by atoms with van der Waals surface area (Å²) in [6.07, 6.45) is 3.46. The lowest BCUT2D eigenvalue weighted by atomic mass is 10.0. The highest BCUT2D eigenvalue weighted by Gasteiger charge is 2.31. The molecule has 1 aliphatic rings. The normalized spacial score (nSPS) is 15.2. The molecule has 1 aromatic heterocycles. The third-order valence-corrected chi connectivity index (χ3v) is 5.37. The lowest BCUT2D eigenvalue weighted by Crippen LogP contribution is -2.41. The number of carbonyl (C=O) groups excluding carboxylic acids is 2. The summed E-state index contributed by atoms with van der Waals surface area (Å²) < 4.78 is 40.6. The van der Waals surface area contributed by atoms with Crippen molar-refractivity contribution in [1.82, 2.24) is 15.0 Å². The lowest BCUT2D eigenvalue weighted by Gasteiger charge is -2.29. The molecule has 10 nitrogen and oxygen atoms in total. The Morgan fingerprint density at radius 2 is 1.95 bits per heavy atom. The van der Waals surface area contributed by atoms with Crippen molar-refractivity contribution in [2.24, 2.45) is 5.10 Å². The molecule has 2 heterocycles. The number of ether oxygens (including phenoxy) is 3. The second-order valence-electron chi connectivity index (χ2n) is 7.81. The number of alkyl halides is 2. The standard InChI is InChI=1S/C25H23F2N5O5/c1-3-19-22(16-6-9-20(36-24(26)27)21(12-16)35-2)31-32(25(34)37-19)14-15-4-7-17(8-5-15)30-23(33)18-13-28-10-11-29-18/h4-13,19,24H,3,14H2,1-2H3,(H,30,33). The number of hydrazone groups is 1. The molecule has 1 N–H and O–H groups in total. The first-order valence-electron chi connectivity index (χ1n) is 11.2. The maximum Gasteiger partial charge on any atom is 0.431 e. The van der Waals surface area contributed by atoms with Crippen molar-refractivity contribution in [3.05, 3.63) is 77.9 Å². The maximum atomic E-state index is 12.7. The lowest BCUT2D eigenvalue weighted by molar-refractivity contribution is -0.0512. The molecule has 2 amide bonds. The van der Waals surface area contributed by atoms with Crippen molar-refractivity contribution < 1.29 is 32.6 Å².